The minimum atomic E-state index is -0.291. The fourth-order valence-electron chi connectivity index (χ4n) is 3.31. The summed E-state index contributed by atoms with van der Waals surface area (Å²) in [5, 5.41) is 9.68. The summed E-state index contributed by atoms with van der Waals surface area (Å²) in [5.41, 5.74) is 6.19. The number of anilines is 1. The van der Waals surface area contributed by atoms with Crippen molar-refractivity contribution in [1.82, 2.24) is 19.6 Å². The van der Waals surface area contributed by atoms with Crippen LogP contribution in [0, 0.1) is 26.6 Å². The van der Waals surface area contributed by atoms with E-state index in [0.29, 0.717) is 23.7 Å². The van der Waals surface area contributed by atoms with Crippen LogP contribution in [-0.2, 0) is 11.2 Å². The van der Waals surface area contributed by atoms with Gasteiger partial charge in [-0.2, -0.15) is 5.10 Å². The van der Waals surface area contributed by atoms with E-state index >= 15 is 0 Å². The highest BCUT2D eigenvalue weighted by molar-refractivity contribution is 7.14. The summed E-state index contributed by atoms with van der Waals surface area (Å²) in [6.07, 6.45) is 0.891. The smallest absolute Gasteiger partial charge is 0.226 e. The zero-order chi connectivity index (χ0) is 20.5. The number of hydrogen-bond donors (Lipinski definition) is 1. The highest BCUT2D eigenvalue weighted by atomic mass is 32.1. The molecule has 4 rings (SSSR count). The van der Waals surface area contributed by atoms with Gasteiger partial charge in [0.25, 0.3) is 0 Å². The van der Waals surface area contributed by atoms with E-state index in [0.717, 1.165) is 33.9 Å². The second-order valence-electron chi connectivity index (χ2n) is 6.91. The van der Waals surface area contributed by atoms with Crippen LogP contribution in [0.15, 0.2) is 35.7 Å². The molecule has 0 saturated carbocycles. The molecule has 8 heteroatoms. The van der Waals surface area contributed by atoms with E-state index in [1.807, 2.05) is 36.7 Å². The van der Waals surface area contributed by atoms with Crippen LogP contribution in [0.25, 0.3) is 16.9 Å². The quantitative estimate of drug-likeness (QED) is 0.527. The highest BCUT2D eigenvalue weighted by Crippen LogP contribution is 2.25. The number of nitrogens with zero attached hydrogens (tertiary/aromatic N) is 4. The van der Waals surface area contributed by atoms with Gasteiger partial charge in [0, 0.05) is 34.8 Å². The Kier molecular flexibility index (Phi) is 5.10. The summed E-state index contributed by atoms with van der Waals surface area (Å²) in [7, 11) is 0. The Hall–Kier alpha value is -3.13. The first-order valence-corrected chi connectivity index (χ1v) is 10.1. The standard InChI is InChI=1S/C21H20FN5OS/c1-12-10-19-23-13(2)17(14(3)27(19)26-12)8-9-20(28)25-21-24-18(11-29-21)15-4-6-16(22)7-5-15/h4-7,10-11H,8-9H2,1-3H3,(H,24,25,28). The van der Waals surface area contributed by atoms with Gasteiger partial charge >= 0.3 is 0 Å². The Bertz CT molecular complexity index is 1200. The van der Waals surface area contributed by atoms with Gasteiger partial charge in [-0.25, -0.2) is 18.9 Å². The number of nitrogens with one attached hydrogen (secondary N) is 1. The maximum atomic E-state index is 13.1. The van der Waals surface area contributed by atoms with Crippen molar-refractivity contribution in [1.29, 1.82) is 0 Å². The molecule has 0 aliphatic heterocycles. The monoisotopic (exact) mass is 409 g/mol. The van der Waals surface area contributed by atoms with Crippen LogP contribution in [0.4, 0.5) is 9.52 Å². The molecule has 0 bridgehead atoms. The fraction of sp³-hybridized carbons (Fsp3) is 0.238. The SMILES string of the molecule is Cc1cc2nc(C)c(CCC(=O)Nc3nc(-c4ccc(F)cc4)cs3)c(C)n2n1. The first-order valence-electron chi connectivity index (χ1n) is 9.24. The Balaban J connectivity index is 1.43. The number of rotatable bonds is 5. The van der Waals surface area contributed by atoms with Crippen LogP contribution in [0.2, 0.25) is 0 Å². The minimum absolute atomic E-state index is 0.111. The number of aryl methyl sites for hydroxylation is 3. The summed E-state index contributed by atoms with van der Waals surface area (Å²) in [4.78, 5) is 21.4. The normalized spacial score (nSPS) is 11.2. The summed E-state index contributed by atoms with van der Waals surface area (Å²) in [6, 6.07) is 8.06. The van der Waals surface area contributed by atoms with Crippen LogP contribution in [-0.4, -0.2) is 25.5 Å². The van der Waals surface area contributed by atoms with Crippen molar-refractivity contribution < 1.29 is 9.18 Å². The van der Waals surface area contributed by atoms with Gasteiger partial charge in [0.2, 0.25) is 5.91 Å². The molecule has 3 aromatic heterocycles. The molecule has 0 saturated heterocycles. The lowest BCUT2D eigenvalue weighted by atomic mass is 10.1. The van der Waals surface area contributed by atoms with E-state index in [-0.39, 0.29) is 11.7 Å². The van der Waals surface area contributed by atoms with Crippen molar-refractivity contribution in [2.45, 2.75) is 33.6 Å². The molecule has 0 aliphatic rings. The Morgan fingerprint density at radius 3 is 2.69 bits per heavy atom. The predicted octanol–water partition coefficient (Wildman–Crippen LogP) is 4.49. The molecule has 4 aromatic rings. The van der Waals surface area contributed by atoms with Gasteiger partial charge < -0.3 is 5.32 Å². The molecule has 1 amide bonds. The largest absolute Gasteiger partial charge is 0.302 e. The fourth-order valence-corrected chi connectivity index (χ4v) is 4.04. The first-order chi connectivity index (χ1) is 13.9. The van der Waals surface area contributed by atoms with Crippen LogP contribution >= 0.6 is 11.3 Å². The molecule has 0 fully saturated rings. The highest BCUT2D eigenvalue weighted by Gasteiger charge is 2.14. The average Bonchev–Trinajstić information content (AvgIpc) is 3.28. The molecule has 0 radical (unpaired) electrons. The lowest BCUT2D eigenvalue weighted by molar-refractivity contribution is -0.116. The summed E-state index contributed by atoms with van der Waals surface area (Å²) < 4.78 is 14.9. The van der Waals surface area contributed by atoms with Gasteiger partial charge in [0.05, 0.1) is 11.4 Å². The Morgan fingerprint density at radius 2 is 1.93 bits per heavy atom. The number of hydrogen-bond acceptors (Lipinski definition) is 5. The van der Waals surface area contributed by atoms with Gasteiger partial charge in [-0.1, -0.05) is 0 Å². The van der Waals surface area contributed by atoms with Crippen LogP contribution in [0.5, 0.6) is 0 Å². The third-order valence-corrected chi connectivity index (χ3v) is 5.54. The minimum Gasteiger partial charge on any atom is -0.302 e. The molecule has 0 unspecified atom stereocenters. The maximum Gasteiger partial charge on any atom is 0.226 e. The second-order valence-corrected chi connectivity index (χ2v) is 7.77. The van der Waals surface area contributed by atoms with Crippen molar-refractivity contribution >= 4 is 28.0 Å². The number of aromatic nitrogens is 4. The summed E-state index contributed by atoms with van der Waals surface area (Å²) in [5.74, 6) is -0.401. The zero-order valence-corrected chi connectivity index (χ0v) is 17.2. The molecule has 0 spiro atoms. The van der Waals surface area contributed by atoms with Crippen LogP contribution in [0.1, 0.15) is 29.1 Å². The molecule has 6 nitrogen and oxygen atoms in total. The lowest BCUT2D eigenvalue weighted by Crippen LogP contribution is -2.14. The summed E-state index contributed by atoms with van der Waals surface area (Å²) in [6.45, 7) is 5.89. The Labute approximate surface area is 171 Å². The molecule has 1 N–H and O–H groups in total. The first kappa shape index (κ1) is 19.2. The number of amides is 1. The van der Waals surface area contributed by atoms with Gasteiger partial charge in [0.15, 0.2) is 10.8 Å². The number of halogens is 1. The molecule has 29 heavy (non-hydrogen) atoms. The topological polar surface area (TPSA) is 72.2 Å². The second kappa shape index (κ2) is 7.71. The zero-order valence-electron chi connectivity index (χ0n) is 16.4. The van der Waals surface area contributed by atoms with Crippen LogP contribution < -0.4 is 5.32 Å². The van der Waals surface area contributed by atoms with Crippen molar-refractivity contribution in [2.75, 3.05) is 5.32 Å². The van der Waals surface area contributed by atoms with Crippen LogP contribution in [0.3, 0.4) is 0 Å². The molecule has 1 aromatic carbocycles. The van der Waals surface area contributed by atoms with Gasteiger partial charge in [-0.3, -0.25) is 4.79 Å². The average molecular weight is 409 g/mol. The van der Waals surface area contributed by atoms with E-state index < -0.39 is 0 Å². The molecule has 3 heterocycles. The van der Waals surface area contributed by atoms with E-state index in [1.165, 1.54) is 23.5 Å². The molecular formula is C21H20FN5OS. The maximum absolute atomic E-state index is 13.1. The molecule has 0 aliphatic carbocycles. The third-order valence-electron chi connectivity index (χ3n) is 4.78. The summed E-state index contributed by atoms with van der Waals surface area (Å²) >= 11 is 1.35. The third kappa shape index (κ3) is 4.02. The van der Waals surface area contributed by atoms with Crippen molar-refractivity contribution in [2.24, 2.45) is 0 Å². The number of carbonyl (C=O) groups is 1. The van der Waals surface area contributed by atoms with E-state index in [9.17, 15) is 9.18 Å². The van der Waals surface area contributed by atoms with E-state index in [1.54, 1.807) is 12.1 Å². The number of thiazole rings is 1. The predicted molar refractivity (Wildman–Crippen MR) is 112 cm³/mol. The van der Waals surface area contributed by atoms with E-state index in [2.05, 4.69) is 20.4 Å². The number of fused-ring (bicyclic) bond motifs is 1. The van der Waals surface area contributed by atoms with Crippen molar-refractivity contribution in [3.05, 3.63) is 64.2 Å². The molecule has 148 valence electrons. The van der Waals surface area contributed by atoms with Crippen molar-refractivity contribution in [3.8, 4) is 11.3 Å². The molecular weight excluding hydrogens is 389 g/mol. The lowest BCUT2D eigenvalue weighted by Gasteiger charge is -2.10. The number of carbonyl (C=O) groups excluding carboxylic acids is 1. The van der Waals surface area contributed by atoms with Gasteiger partial charge in [-0.15, -0.1) is 11.3 Å². The van der Waals surface area contributed by atoms with Crippen molar-refractivity contribution in [3.63, 3.8) is 0 Å². The molecule has 0 atom stereocenters. The number of benzene rings is 1. The Morgan fingerprint density at radius 1 is 1.17 bits per heavy atom. The van der Waals surface area contributed by atoms with E-state index in [4.69, 9.17) is 0 Å². The van der Waals surface area contributed by atoms with Gasteiger partial charge in [0.1, 0.15) is 5.82 Å². The van der Waals surface area contributed by atoms with Gasteiger partial charge in [-0.05, 0) is 57.0 Å².